The zero-order valence-corrected chi connectivity index (χ0v) is 17.1. The van der Waals surface area contributed by atoms with Crippen LogP contribution in [0.5, 0.6) is 0 Å². The summed E-state index contributed by atoms with van der Waals surface area (Å²) in [7, 11) is 0. The Balaban J connectivity index is 1.62. The van der Waals surface area contributed by atoms with Crippen LogP contribution in [0.15, 0.2) is 48.5 Å². The van der Waals surface area contributed by atoms with E-state index in [1.54, 1.807) is 0 Å². The largest absolute Gasteiger partial charge is 0.372 e. The maximum Gasteiger partial charge on any atom is 0.251 e. The highest BCUT2D eigenvalue weighted by molar-refractivity contribution is 5.94. The summed E-state index contributed by atoms with van der Waals surface area (Å²) < 4.78 is 0. The quantitative estimate of drug-likeness (QED) is 0.781. The van der Waals surface area contributed by atoms with Crippen LogP contribution in [0.1, 0.15) is 74.5 Å². The van der Waals surface area contributed by atoms with Crippen molar-refractivity contribution in [1.29, 1.82) is 0 Å². The second kappa shape index (κ2) is 8.16. The minimum Gasteiger partial charge on any atom is -0.372 e. The first-order valence-electron chi connectivity index (χ1n) is 10.1. The molecule has 0 aromatic heterocycles. The zero-order chi connectivity index (χ0) is 19.4. The van der Waals surface area contributed by atoms with Crippen molar-refractivity contribution in [2.75, 3.05) is 18.0 Å². The zero-order valence-electron chi connectivity index (χ0n) is 17.1. The van der Waals surface area contributed by atoms with Crippen molar-refractivity contribution < 1.29 is 4.79 Å². The molecule has 0 spiro atoms. The van der Waals surface area contributed by atoms with Crippen molar-refractivity contribution in [3.8, 4) is 0 Å². The molecular weight excluding hydrogens is 332 g/mol. The molecular formula is C24H32N2O. The first-order valence-corrected chi connectivity index (χ1v) is 10.1. The third-order valence-electron chi connectivity index (χ3n) is 5.48. The normalized spacial score (nSPS) is 16.1. The molecule has 3 heteroatoms. The number of hydrogen-bond acceptors (Lipinski definition) is 2. The molecule has 1 aliphatic heterocycles. The predicted octanol–water partition coefficient (Wildman–Crippen LogP) is 5.47. The molecule has 0 saturated carbocycles. The number of carbonyl (C=O) groups excluding carboxylic acids is 1. The Labute approximate surface area is 163 Å². The van der Waals surface area contributed by atoms with E-state index in [9.17, 15) is 4.79 Å². The molecule has 3 nitrogen and oxygen atoms in total. The van der Waals surface area contributed by atoms with Crippen LogP contribution in [0.3, 0.4) is 0 Å². The number of amides is 1. The topological polar surface area (TPSA) is 32.3 Å². The molecule has 1 saturated heterocycles. The summed E-state index contributed by atoms with van der Waals surface area (Å²) in [4.78, 5) is 15.0. The van der Waals surface area contributed by atoms with Crippen molar-refractivity contribution in [1.82, 2.24) is 5.32 Å². The van der Waals surface area contributed by atoms with Gasteiger partial charge in [0.1, 0.15) is 0 Å². The first kappa shape index (κ1) is 19.5. The van der Waals surface area contributed by atoms with E-state index in [-0.39, 0.29) is 17.4 Å². The van der Waals surface area contributed by atoms with Crippen LogP contribution in [0.4, 0.5) is 5.69 Å². The number of benzene rings is 2. The van der Waals surface area contributed by atoms with Crippen molar-refractivity contribution >= 4 is 11.6 Å². The molecule has 1 atom stereocenters. The van der Waals surface area contributed by atoms with E-state index >= 15 is 0 Å². The minimum absolute atomic E-state index is 0.0201. The van der Waals surface area contributed by atoms with Gasteiger partial charge in [0.2, 0.25) is 0 Å². The summed E-state index contributed by atoms with van der Waals surface area (Å²) in [6, 6.07) is 16.6. The molecule has 2 aromatic carbocycles. The number of nitrogens with zero attached hydrogens (tertiary/aromatic N) is 1. The number of nitrogens with one attached hydrogen (secondary N) is 1. The number of piperidine rings is 1. The van der Waals surface area contributed by atoms with E-state index < -0.39 is 0 Å². The van der Waals surface area contributed by atoms with Gasteiger partial charge in [-0.15, -0.1) is 0 Å². The Bertz CT molecular complexity index is 750. The lowest BCUT2D eigenvalue weighted by molar-refractivity contribution is 0.0940. The fourth-order valence-electron chi connectivity index (χ4n) is 3.61. The van der Waals surface area contributed by atoms with Crippen molar-refractivity contribution in [2.24, 2.45) is 0 Å². The van der Waals surface area contributed by atoms with Crippen molar-refractivity contribution in [3.63, 3.8) is 0 Å². The second-order valence-corrected chi connectivity index (χ2v) is 8.66. The molecule has 0 bridgehead atoms. The minimum atomic E-state index is -0.0207. The highest BCUT2D eigenvalue weighted by atomic mass is 16.1. The summed E-state index contributed by atoms with van der Waals surface area (Å²) in [5, 5.41) is 3.12. The number of anilines is 1. The van der Waals surface area contributed by atoms with Crippen LogP contribution >= 0.6 is 0 Å². The molecule has 0 radical (unpaired) electrons. The van der Waals surface area contributed by atoms with E-state index in [2.05, 4.69) is 67.4 Å². The number of hydrogen-bond donors (Lipinski definition) is 1. The van der Waals surface area contributed by atoms with E-state index in [0.717, 1.165) is 18.7 Å². The summed E-state index contributed by atoms with van der Waals surface area (Å²) in [5.41, 5.74) is 4.51. The molecule has 1 N–H and O–H groups in total. The molecule has 2 aromatic rings. The Morgan fingerprint density at radius 1 is 0.926 bits per heavy atom. The molecule has 1 heterocycles. The molecule has 1 aliphatic rings. The smallest absolute Gasteiger partial charge is 0.251 e. The van der Waals surface area contributed by atoms with Crippen LogP contribution in [0.2, 0.25) is 0 Å². The SMILES string of the molecule is C[C@H](NC(=O)c1ccc(N2CCCCC2)cc1)c1ccc(C(C)(C)C)cc1. The molecule has 144 valence electrons. The van der Waals surface area contributed by atoms with Crippen LogP contribution in [-0.4, -0.2) is 19.0 Å². The van der Waals surface area contributed by atoms with Gasteiger partial charge in [0, 0.05) is 24.3 Å². The standard InChI is InChI=1S/C24H32N2O/c1-18(19-8-12-21(13-9-19)24(2,3)4)25-23(27)20-10-14-22(15-11-20)26-16-6-5-7-17-26/h8-15,18H,5-7,16-17H2,1-4H3,(H,25,27)/t18-/m0/s1. The molecule has 27 heavy (non-hydrogen) atoms. The van der Waals surface area contributed by atoms with Gasteiger partial charge in [-0.1, -0.05) is 45.0 Å². The molecule has 0 aliphatic carbocycles. The maximum absolute atomic E-state index is 12.6. The molecule has 1 amide bonds. The Morgan fingerprint density at radius 3 is 2.07 bits per heavy atom. The van der Waals surface area contributed by atoms with Crippen LogP contribution in [0, 0.1) is 0 Å². The van der Waals surface area contributed by atoms with E-state index in [4.69, 9.17) is 0 Å². The predicted molar refractivity (Wildman–Crippen MR) is 114 cm³/mol. The lowest BCUT2D eigenvalue weighted by atomic mass is 9.86. The summed E-state index contributed by atoms with van der Waals surface area (Å²) in [6.45, 7) is 10.9. The van der Waals surface area contributed by atoms with Crippen molar-refractivity contribution in [3.05, 3.63) is 65.2 Å². The van der Waals surface area contributed by atoms with Gasteiger partial charge in [0.15, 0.2) is 0 Å². The van der Waals surface area contributed by atoms with Gasteiger partial charge in [0.25, 0.3) is 5.91 Å². The molecule has 0 unspecified atom stereocenters. The fraction of sp³-hybridized carbons (Fsp3) is 0.458. The molecule has 1 fully saturated rings. The number of rotatable bonds is 4. The second-order valence-electron chi connectivity index (χ2n) is 8.66. The third kappa shape index (κ3) is 4.91. The Hall–Kier alpha value is -2.29. The average Bonchev–Trinajstić information content (AvgIpc) is 2.68. The highest BCUT2D eigenvalue weighted by Gasteiger charge is 2.16. The van der Waals surface area contributed by atoms with Crippen LogP contribution < -0.4 is 10.2 Å². The van der Waals surface area contributed by atoms with E-state index in [1.165, 1.54) is 30.5 Å². The maximum atomic E-state index is 12.6. The molecule has 3 rings (SSSR count). The van der Waals surface area contributed by atoms with Gasteiger partial charge < -0.3 is 10.2 Å². The lowest BCUT2D eigenvalue weighted by Crippen LogP contribution is -2.29. The summed E-state index contributed by atoms with van der Waals surface area (Å²) in [5.74, 6) is -0.0207. The summed E-state index contributed by atoms with van der Waals surface area (Å²) in [6.07, 6.45) is 3.84. The van der Waals surface area contributed by atoms with Gasteiger partial charge in [-0.25, -0.2) is 0 Å². The lowest BCUT2D eigenvalue weighted by Gasteiger charge is -2.28. The average molecular weight is 365 g/mol. The van der Waals surface area contributed by atoms with Gasteiger partial charge in [-0.05, 0) is 67.0 Å². The number of carbonyl (C=O) groups is 1. The van der Waals surface area contributed by atoms with Crippen LogP contribution in [0.25, 0.3) is 0 Å². The summed E-state index contributed by atoms with van der Waals surface area (Å²) >= 11 is 0. The van der Waals surface area contributed by atoms with Gasteiger partial charge >= 0.3 is 0 Å². The monoisotopic (exact) mass is 364 g/mol. The Morgan fingerprint density at radius 2 is 1.52 bits per heavy atom. The Kier molecular flexibility index (Phi) is 5.88. The van der Waals surface area contributed by atoms with Gasteiger partial charge in [-0.2, -0.15) is 0 Å². The van der Waals surface area contributed by atoms with Gasteiger partial charge in [0.05, 0.1) is 6.04 Å². The first-order chi connectivity index (χ1) is 12.8. The van der Waals surface area contributed by atoms with E-state index in [0.29, 0.717) is 5.56 Å². The third-order valence-corrected chi connectivity index (χ3v) is 5.48. The van der Waals surface area contributed by atoms with Crippen molar-refractivity contribution in [2.45, 2.75) is 58.4 Å². The van der Waals surface area contributed by atoms with Crippen LogP contribution in [-0.2, 0) is 5.41 Å². The highest BCUT2D eigenvalue weighted by Crippen LogP contribution is 2.24. The van der Waals surface area contributed by atoms with Gasteiger partial charge in [-0.3, -0.25) is 4.79 Å². The fourth-order valence-corrected chi connectivity index (χ4v) is 3.61. The van der Waals surface area contributed by atoms with E-state index in [1.807, 2.05) is 19.1 Å².